The van der Waals surface area contributed by atoms with E-state index in [1.807, 2.05) is 24.3 Å². The third-order valence-electron chi connectivity index (χ3n) is 5.82. The van der Waals surface area contributed by atoms with E-state index in [9.17, 15) is 4.79 Å². The van der Waals surface area contributed by atoms with Gasteiger partial charge in [0.2, 0.25) is 0 Å². The molecule has 1 aliphatic rings. The first-order valence-corrected chi connectivity index (χ1v) is 10.1. The summed E-state index contributed by atoms with van der Waals surface area (Å²) in [5.74, 6) is 2.27. The van der Waals surface area contributed by atoms with Gasteiger partial charge in [0.25, 0.3) is 6.47 Å². The zero-order valence-corrected chi connectivity index (χ0v) is 15.8. The predicted molar refractivity (Wildman–Crippen MR) is 107 cm³/mol. The highest BCUT2D eigenvalue weighted by atomic mass is 16.5. The van der Waals surface area contributed by atoms with Crippen LogP contribution in [0, 0.1) is 5.92 Å². The van der Waals surface area contributed by atoms with Gasteiger partial charge in [0.1, 0.15) is 5.75 Å². The van der Waals surface area contributed by atoms with Gasteiger partial charge < -0.3 is 4.74 Å². The molecule has 2 heteroatoms. The minimum atomic E-state index is 0.461. The molecule has 1 aliphatic carbocycles. The van der Waals surface area contributed by atoms with Gasteiger partial charge in [-0.05, 0) is 66.3 Å². The van der Waals surface area contributed by atoms with Crippen LogP contribution in [-0.4, -0.2) is 6.47 Å². The van der Waals surface area contributed by atoms with Crippen LogP contribution in [0.5, 0.6) is 5.75 Å². The van der Waals surface area contributed by atoms with Crippen molar-refractivity contribution in [3.63, 3.8) is 0 Å². The Hall–Kier alpha value is -2.09. The lowest BCUT2D eigenvalue weighted by atomic mass is 9.77. The summed E-state index contributed by atoms with van der Waals surface area (Å²) in [7, 11) is 0. The van der Waals surface area contributed by atoms with Gasteiger partial charge in [0.05, 0.1) is 0 Å². The number of carbonyl (C=O) groups is 1. The van der Waals surface area contributed by atoms with Crippen molar-refractivity contribution in [3.05, 3.63) is 54.1 Å². The maximum Gasteiger partial charge on any atom is 0.298 e. The molecule has 0 saturated heterocycles. The Labute approximate surface area is 157 Å². The van der Waals surface area contributed by atoms with Gasteiger partial charge in [0.15, 0.2) is 0 Å². The molecular weight excluding hydrogens is 320 g/mol. The van der Waals surface area contributed by atoms with Crippen molar-refractivity contribution in [2.45, 2.75) is 64.2 Å². The van der Waals surface area contributed by atoms with E-state index in [0.717, 1.165) is 17.4 Å². The van der Waals surface area contributed by atoms with Crippen LogP contribution in [-0.2, 0) is 4.79 Å². The van der Waals surface area contributed by atoms with Crippen molar-refractivity contribution >= 4 is 6.47 Å². The predicted octanol–water partition coefficient (Wildman–Crippen LogP) is 6.74. The van der Waals surface area contributed by atoms with Gasteiger partial charge in [0, 0.05) is 0 Å². The van der Waals surface area contributed by atoms with E-state index in [-0.39, 0.29) is 0 Å². The number of hydrogen-bond donors (Lipinski definition) is 0. The Morgan fingerprint density at radius 2 is 1.50 bits per heavy atom. The largest absolute Gasteiger partial charge is 0.429 e. The molecule has 2 nitrogen and oxygen atoms in total. The lowest BCUT2D eigenvalue weighted by Crippen LogP contribution is -2.13. The normalized spacial score (nSPS) is 19.9. The average molecular weight is 351 g/mol. The summed E-state index contributed by atoms with van der Waals surface area (Å²) in [6, 6.07) is 16.7. The van der Waals surface area contributed by atoms with E-state index in [2.05, 4.69) is 31.2 Å². The van der Waals surface area contributed by atoms with Crippen LogP contribution in [0.3, 0.4) is 0 Å². The smallest absolute Gasteiger partial charge is 0.298 e. The second-order valence-corrected chi connectivity index (χ2v) is 7.57. The minimum absolute atomic E-state index is 0.461. The highest BCUT2D eigenvalue weighted by molar-refractivity contribution is 5.65. The minimum Gasteiger partial charge on any atom is -0.429 e. The van der Waals surface area contributed by atoms with E-state index >= 15 is 0 Å². The standard InChI is InChI=1S/C24H30O2/c1-2-3-4-5-19-6-8-20(9-7-19)21-10-12-22(13-11-21)23-14-16-24(17-15-23)26-18-25/h10-20H,2-9H2,1H3. The van der Waals surface area contributed by atoms with E-state index in [1.165, 1.54) is 62.5 Å². The monoisotopic (exact) mass is 350 g/mol. The average Bonchev–Trinajstić information content (AvgIpc) is 2.70. The molecule has 1 saturated carbocycles. The fourth-order valence-corrected chi connectivity index (χ4v) is 4.20. The zero-order chi connectivity index (χ0) is 18.2. The molecule has 0 aliphatic heterocycles. The molecule has 3 rings (SSSR count). The second-order valence-electron chi connectivity index (χ2n) is 7.57. The fraction of sp³-hybridized carbons (Fsp3) is 0.458. The maximum atomic E-state index is 10.4. The molecule has 0 aromatic heterocycles. The summed E-state index contributed by atoms with van der Waals surface area (Å²) in [5, 5.41) is 0. The Bertz CT molecular complexity index is 664. The molecule has 0 atom stereocenters. The number of ether oxygens (including phenoxy) is 1. The van der Waals surface area contributed by atoms with Crippen molar-refractivity contribution < 1.29 is 9.53 Å². The SMILES string of the molecule is CCCCCC1CCC(c2ccc(-c3ccc(OC=O)cc3)cc2)CC1. The van der Waals surface area contributed by atoms with E-state index in [0.29, 0.717) is 12.2 Å². The molecule has 0 N–H and O–H groups in total. The molecule has 2 aromatic carbocycles. The van der Waals surface area contributed by atoms with Gasteiger partial charge in [-0.25, -0.2) is 0 Å². The number of unbranched alkanes of at least 4 members (excludes halogenated alkanes) is 2. The van der Waals surface area contributed by atoms with Crippen molar-refractivity contribution in [2.75, 3.05) is 0 Å². The third-order valence-corrected chi connectivity index (χ3v) is 5.82. The molecule has 0 radical (unpaired) electrons. The molecule has 0 bridgehead atoms. The van der Waals surface area contributed by atoms with Gasteiger partial charge in [-0.2, -0.15) is 0 Å². The molecule has 26 heavy (non-hydrogen) atoms. The third kappa shape index (κ3) is 4.97. The second kappa shape index (κ2) is 9.56. The van der Waals surface area contributed by atoms with Crippen molar-refractivity contribution in [1.29, 1.82) is 0 Å². The lowest BCUT2D eigenvalue weighted by Gasteiger charge is -2.29. The van der Waals surface area contributed by atoms with Crippen LogP contribution >= 0.6 is 0 Å². The van der Waals surface area contributed by atoms with Crippen molar-refractivity contribution in [1.82, 2.24) is 0 Å². The Morgan fingerprint density at radius 1 is 0.885 bits per heavy atom. The highest BCUT2D eigenvalue weighted by Crippen LogP contribution is 2.38. The fourth-order valence-electron chi connectivity index (χ4n) is 4.20. The van der Waals surface area contributed by atoms with Gasteiger partial charge in [-0.15, -0.1) is 0 Å². The lowest BCUT2D eigenvalue weighted by molar-refractivity contribution is -0.120. The highest BCUT2D eigenvalue weighted by Gasteiger charge is 2.21. The van der Waals surface area contributed by atoms with E-state index in [4.69, 9.17) is 4.74 Å². The molecule has 0 amide bonds. The summed E-state index contributed by atoms with van der Waals surface area (Å²) < 4.78 is 4.85. The van der Waals surface area contributed by atoms with Crippen LogP contribution in [0.2, 0.25) is 0 Å². The molecule has 0 unspecified atom stereocenters. The maximum absolute atomic E-state index is 10.4. The first kappa shape index (κ1) is 18.7. The summed E-state index contributed by atoms with van der Waals surface area (Å²) in [6.45, 7) is 2.75. The first-order valence-electron chi connectivity index (χ1n) is 10.1. The van der Waals surface area contributed by atoms with Crippen LogP contribution in [0.4, 0.5) is 0 Å². The van der Waals surface area contributed by atoms with Gasteiger partial charge in [-0.3, -0.25) is 4.79 Å². The van der Waals surface area contributed by atoms with Crippen LogP contribution in [0.15, 0.2) is 48.5 Å². The molecular formula is C24H30O2. The number of hydrogen-bond acceptors (Lipinski definition) is 2. The van der Waals surface area contributed by atoms with Crippen LogP contribution in [0.1, 0.15) is 69.8 Å². The zero-order valence-electron chi connectivity index (χ0n) is 15.8. The Balaban J connectivity index is 1.55. The summed E-state index contributed by atoms with van der Waals surface area (Å²) in [6.07, 6.45) is 11.0. The Morgan fingerprint density at radius 3 is 2.08 bits per heavy atom. The summed E-state index contributed by atoms with van der Waals surface area (Å²) in [5.41, 5.74) is 3.84. The summed E-state index contributed by atoms with van der Waals surface area (Å²) in [4.78, 5) is 10.4. The topological polar surface area (TPSA) is 26.3 Å². The molecule has 0 spiro atoms. The van der Waals surface area contributed by atoms with Crippen LogP contribution in [0.25, 0.3) is 11.1 Å². The van der Waals surface area contributed by atoms with Gasteiger partial charge in [-0.1, -0.05) is 69.0 Å². The molecule has 138 valence electrons. The summed E-state index contributed by atoms with van der Waals surface area (Å²) >= 11 is 0. The van der Waals surface area contributed by atoms with Crippen molar-refractivity contribution in [3.8, 4) is 16.9 Å². The van der Waals surface area contributed by atoms with Gasteiger partial charge >= 0.3 is 0 Å². The number of carbonyl (C=O) groups excluding carboxylic acids is 1. The Kier molecular flexibility index (Phi) is 6.88. The first-order chi connectivity index (χ1) is 12.8. The number of benzene rings is 2. The van der Waals surface area contributed by atoms with Crippen LogP contribution < -0.4 is 4.74 Å². The molecule has 2 aromatic rings. The molecule has 0 heterocycles. The number of rotatable bonds is 8. The van der Waals surface area contributed by atoms with E-state index < -0.39 is 0 Å². The van der Waals surface area contributed by atoms with E-state index in [1.54, 1.807) is 0 Å². The quantitative estimate of drug-likeness (QED) is 0.389. The van der Waals surface area contributed by atoms with Crippen molar-refractivity contribution in [2.24, 2.45) is 5.92 Å². The molecule has 1 fully saturated rings.